The summed E-state index contributed by atoms with van der Waals surface area (Å²) >= 11 is 0. The van der Waals surface area contributed by atoms with Crippen LogP contribution in [0.1, 0.15) is 50.2 Å². The highest BCUT2D eigenvalue weighted by Gasteiger charge is 2.14. The van der Waals surface area contributed by atoms with Gasteiger partial charge in [-0.1, -0.05) is 38.3 Å². The number of carbonyl (C=O) groups is 1. The molecule has 0 aromatic heterocycles. The average Bonchev–Trinajstić information content (AvgIpc) is 2.34. The van der Waals surface area contributed by atoms with Crippen molar-refractivity contribution in [3.8, 4) is 0 Å². The van der Waals surface area contributed by atoms with Crippen molar-refractivity contribution < 1.29 is 4.79 Å². The van der Waals surface area contributed by atoms with Crippen LogP contribution in [0.2, 0.25) is 0 Å². The molecular formula is C15H21NO. The summed E-state index contributed by atoms with van der Waals surface area (Å²) in [5, 5.41) is 2.96. The van der Waals surface area contributed by atoms with Crippen LogP contribution in [0.15, 0.2) is 18.2 Å². The largest absolute Gasteiger partial charge is 0.326 e. The zero-order chi connectivity index (χ0) is 12.1. The van der Waals surface area contributed by atoms with Gasteiger partial charge in [0.15, 0.2) is 0 Å². The lowest BCUT2D eigenvalue weighted by Gasteiger charge is -2.17. The molecule has 1 aromatic rings. The number of rotatable bonds is 5. The molecule has 2 heteroatoms. The summed E-state index contributed by atoms with van der Waals surface area (Å²) in [6.07, 6.45) is 7.80. The summed E-state index contributed by atoms with van der Waals surface area (Å²) in [5.41, 5.74) is 3.67. The van der Waals surface area contributed by atoms with Crippen molar-refractivity contribution in [3.63, 3.8) is 0 Å². The lowest BCUT2D eigenvalue weighted by Crippen LogP contribution is -2.18. The van der Waals surface area contributed by atoms with Gasteiger partial charge < -0.3 is 5.32 Å². The Balaban J connectivity index is 1.95. The van der Waals surface area contributed by atoms with Gasteiger partial charge in [0.05, 0.1) is 0 Å². The SMILES string of the molecule is CCCCCCc1ccc2c(c1)NC(=O)CC2. The maximum absolute atomic E-state index is 11.3. The van der Waals surface area contributed by atoms with Crippen molar-refractivity contribution in [2.24, 2.45) is 0 Å². The van der Waals surface area contributed by atoms with Crippen LogP contribution in [-0.2, 0) is 17.6 Å². The summed E-state index contributed by atoms with van der Waals surface area (Å²) in [4.78, 5) is 11.3. The molecule has 0 unspecified atom stereocenters. The molecule has 1 heterocycles. The highest BCUT2D eigenvalue weighted by atomic mass is 16.1. The third-order valence-electron chi connectivity index (χ3n) is 3.39. The van der Waals surface area contributed by atoms with Crippen LogP contribution < -0.4 is 5.32 Å². The fourth-order valence-electron chi connectivity index (χ4n) is 2.33. The van der Waals surface area contributed by atoms with Gasteiger partial charge in [0.2, 0.25) is 5.91 Å². The van der Waals surface area contributed by atoms with Gasteiger partial charge >= 0.3 is 0 Å². The molecule has 0 atom stereocenters. The van der Waals surface area contributed by atoms with Crippen LogP contribution in [0.5, 0.6) is 0 Å². The van der Waals surface area contributed by atoms with Gasteiger partial charge in [0, 0.05) is 12.1 Å². The molecule has 1 aliphatic heterocycles. The van der Waals surface area contributed by atoms with Crippen LogP contribution in [0.25, 0.3) is 0 Å². The molecule has 92 valence electrons. The Morgan fingerprint density at radius 2 is 2.06 bits per heavy atom. The van der Waals surface area contributed by atoms with E-state index >= 15 is 0 Å². The number of amides is 1. The Kier molecular flexibility index (Phi) is 4.18. The van der Waals surface area contributed by atoms with E-state index in [0.29, 0.717) is 6.42 Å². The van der Waals surface area contributed by atoms with E-state index in [1.54, 1.807) is 0 Å². The van der Waals surface area contributed by atoms with E-state index in [9.17, 15) is 4.79 Å². The number of fused-ring (bicyclic) bond motifs is 1. The van der Waals surface area contributed by atoms with E-state index in [1.807, 2.05) is 0 Å². The van der Waals surface area contributed by atoms with Crippen molar-refractivity contribution in [3.05, 3.63) is 29.3 Å². The summed E-state index contributed by atoms with van der Waals surface area (Å²) in [5.74, 6) is 0.153. The zero-order valence-electron chi connectivity index (χ0n) is 10.6. The molecule has 17 heavy (non-hydrogen) atoms. The first-order chi connectivity index (χ1) is 8.29. The minimum absolute atomic E-state index is 0.153. The number of hydrogen-bond donors (Lipinski definition) is 1. The smallest absolute Gasteiger partial charge is 0.224 e. The van der Waals surface area contributed by atoms with Crippen molar-refractivity contribution in [1.29, 1.82) is 0 Å². The molecule has 2 rings (SSSR count). The van der Waals surface area contributed by atoms with Gasteiger partial charge in [0.1, 0.15) is 0 Å². The summed E-state index contributed by atoms with van der Waals surface area (Å²) < 4.78 is 0. The first-order valence-corrected chi connectivity index (χ1v) is 6.71. The Morgan fingerprint density at radius 1 is 1.18 bits per heavy atom. The molecular weight excluding hydrogens is 210 g/mol. The molecule has 0 aliphatic carbocycles. The fraction of sp³-hybridized carbons (Fsp3) is 0.533. The van der Waals surface area contributed by atoms with Crippen molar-refractivity contribution >= 4 is 11.6 Å². The molecule has 1 aliphatic rings. The predicted octanol–water partition coefficient (Wildman–Crippen LogP) is 3.69. The second-order valence-electron chi connectivity index (χ2n) is 4.85. The molecule has 1 amide bonds. The van der Waals surface area contributed by atoms with Gasteiger partial charge in [-0.15, -0.1) is 0 Å². The molecule has 0 fully saturated rings. The average molecular weight is 231 g/mol. The lowest BCUT2D eigenvalue weighted by molar-refractivity contribution is -0.116. The van der Waals surface area contributed by atoms with Crippen LogP contribution >= 0.6 is 0 Å². The third kappa shape index (κ3) is 3.32. The molecule has 0 saturated carbocycles. The van der Waals surface area contributed by atoms with Gasteiger partial charge in [-0.25, -0.2) is 0 Å². The maximum atomic E-state index is 11.3. The number of unbranched alkanes of at least 4 members (excludes halogenated alkanes) is 3. The normalized spacial score (nSPS) is 14.3. The number of aryl methyl sites for hydroxylation is 2. The van der Waals surface area contributed by atoms with Crippen LogP contribution in [-0.4, -0.2) is 5.91 Å². The van der Waals surface area contributed by atoms with Crippen LogP contribution in [0.4, 0.5) is 5.69 Å². The fourth-order valence-corrected chi connectivity index (χ4v) is 2.33. The summed E-state index contributed by atoms with van der Waals surface area (Å²) in [6, 6.07) is 6.53. The third-order valence-corrected chi connectivity index (χ3v) is 3.39. The van der Waals surface area contributed by atoms with Crippen molar-refractivity contribution in [2.75, 3.05) is 5.32 Å². The zero-order valence-corrected chi connectivity index (χ0v) is 10.6. The van der Waals surface area contributed by atoms with E-state index < -0.39 is 0 Å². The first kappa shape index (κ1) is 12.2. The number of hydrogen-bond acceptors (Lipinski definition) is 1. The second-order valence-corrected chi connectivity index (χ2v) is 4.85. The van der Waals surface area contributed by atoms with E-state index in [2.05, 4.69) is 30.4 Å². The minimum atomic E-state index is 0.153. The van der Waals surface area contributed by atoms with Crippen molar-refractivity contribution in [2.45, 2.75) is 51.9 Å². The predicted molar refractivity (Wildman–Crippen MR) is 71.2 cm³/mol. The number of nitrogens with one attached hydrogen (secondary N) is 1. The van der Waals surface area contributed by atoms with E-state index in [-0.39, 0.29) is 5.91 Å². The van der Waals surface area contributed by atoms with Crippen molar-refractivity contribution in [1.82, 2.24) is 0 Å². The van der Waals surface area contributed by atoms with Crippen LogP contribution in [0, 0.1) is 0 Å². The first-order valence-electron chi connectivity index (χ1n) is 6.71. The number of carbonyl (C=O) groups excluding carboxylic acids is 1. The standard InChI is InChI=1S/C15H21NO/c1-2-3-4-5-6-12-7-8-13-9-10-15(17)16-14(13)11-12/h7-8,11H,2-6,9-10H2,1H3,(H,16,17). The molecule has 0 bridgehead atoms. The minimum Gasteiger partial charge on any atom is -0.326 e. The topological polar surface area (TPSA) is 29.1 Å². The monoisotopic (exact) mass is 231 g/mol. The van der Waals surface area contributed by atoms with E-state index in [0.717, 1.165) is 18.5 Å². The van der Waals surface area contributed by atoms with E-state index in [1.165, 1.54) is 36.8 Å². The highest BCUT2D eigenvalue weighted by molar-refractivity contribution is 5.93. The Bertz CT molecular complexity index is 398. The van der Waals surface area contributed by atoms with Gasteiger partial charge in [0.25, 0.3) is 0 Å². The Morgan fingerprint density at radius 3 is 2.88 bits per heavy atom. The number of anilines is 1. The van der Waals surface area contributed by atoms with Gasteiger partial charge in [-0.3, -0.25) is 4.79 Å². The maximum Gasteiger partial charge on any atom is 0.224 e. The number of benzene rings is 1. The van der Waals surface area contributed by atoms with Crippen LogP contribution in [0.3, 0.4) is 0 Å². The molecule has 0 radical (unpaired) electrons. The Labute approximate surface area is 103 Å². The molecule has 0 spiro atoms. The molecule has 0 saturated heterocycles. The lowest BCUT2D eigenvalue weighted by atomic mass is 9.98. The molecule has 1 N–H and O–H groups in total. The Hall–Kier alpha value is -1.31. The summed E-state index contributed by atoms with van der Waals surface area (Å²) in [6.45, 7) is 2.23. The highest BCUT2D eigenvalue weighted by Crippen LogP contribution is 2.24. The second kappa shape index (κ2) is 5.85. The van der Waals surface area contributed by atoms with Gasteiger partial charge in [-0.05, 0) is 36.5 Å². The molecule has 1 aromatic carbocycles. The molecule has 2 nitrogen and oxygen atoms in total. The summed E-state index contributed by atoms with van der Waals surface area (Å²) in [7, 11) is 0. The van der Waals surface area contributed by atoms with E-state index in [4.69, 9.17) is 0 Å². The quantitative estimate of drug-likeness (QED) is 0.769. The van der Waals surface area contributed by atoms with Gasteiger partial charge in [-0.2, -0.15) is 0 Å².